The minimum Gasteiger partial charge on any atom is -0.496 e. The van der Waals surface area contributed by atoms with Gasteiger partial charge in [0.05, 0.1) is 13.7 Å². The maximum absolute atomic E-state index is 11.4. The summed E-state index contributed by atoms with van der Waals surface area (Å²) in [6.45, 7) is 4.39. The number of ether oxygens (including phenoxy) is 1. The molecule has 1 aromatic heterocycles. The van der Waals surface area contributed by atoms with Gasteiger partial charge in [-0.1, -0.05) is 24.6 Å². The highest BCUT2D eigenvalue weighted by molar-refractivity contribution is 7.89. The van der Waals surface area contributed by atoms with E-state index in [0.29, 0.717) is 18.8 Å². The smallest absolute Gasteiger partial charge is 0.257 e. The molecule has 0 unspecified atom stereocenters. The number of methoxy groups -OCH3 is 1. The Balaban J connectivity index is 2.44. The molecule has 0 aliphatic carbocycles. The fraction of sp³-hybridized carbons (Fsp3) is 0.357. The van der Waals surface area contributed by atoms with Crippen molar-refractivity contribution in [2.45, 2.75) is 31.8 Å². The van der Waals surface area contributed by atoms with Crippen molar-refractivity contribution in [1.29, 1.82) is 0 Å². The Bertz CT molecular complexity index is 751. The van der Waals surface area contributed by atoms with Gasteiger partial charge < -0.3 is 9.30 Å². The summed E-state index contributed by atoms with van der Waals surface area (Å²) >= 11 is 0. The molecule has 2 N–H and O–H groups in total. The van der Waals surface area contributed by atoms with Crippen molar-refractivity contribution in [2.75, 3.05) is 7.11 Å². The number of sulfonamides is 1. The molecule has 6 nitrogen and oxygen atoms in total. The number of nitrogens with zero attached hydrogens (tertiary/aromatic N) is 2. The predicted molar refractivity (Wildman–Crippen MR) is 79.8 cm³/mol. The summed E-state index contributed by atoms with van der Waals surface area (Å²) in [5.74, 6) is 1.43. The summed E-state index contributed by atoms with van der Waals surface area (Å²) in [6.07, 6.45) is 2.08. The number of aryl methyl sites for hydroxylation is 2. The van der Waals surface area contributed by atoms with E-state index in [0.717, 1.165) is 16.9 Å². The molecule has 1 aromatic carbocycles. The molecule has 7 heteroatoms. The zero-order chi connectivity index (χ0) is 15.6. The fourth-order valence-corrected chi connectivity index (χ4v) is 2.71. The number of hydrogen-bond donors (Lipinski definition) is 1. The number of nitrogens with two attached hydrogens (primary N) is 1. The van der Waals surface area contributed by atoms with E-state index >= 15 is 0 Å². The number of imidazole rings is 1. The largest absolute Gasteiger partial charge is 0.496 e. The number of aromatic nitrogens is 2. The minimum atomic E-state index is -3.79. The van der Waals surface area contributed by atoms with E-state index in [2.05, 4.69) is 4.98 Å². The lowest BCUT2D eigenvalue weighted by atomic mass is 10.1. The summed E-state index contributed by atoms with van der Waals surface area (Å²) in [7, 11) is -2.18. The van der Waals surface area contributed by atoms with Crippen LogP contribution in [0.15, 0.2) is 29.4 Å². The third kappa shape index (κ3) is 3.43. The zero-order valence-electron chi connectivity index (χ0n) is 12.3. The maximum Gasteiger partial charge on any atom is 0.257 e. The Morgan fingerprint density at radius 3 is 2.67 bits per heavy atom. The van der Waals surface area contributed by atoms with E-state index in [-0.39, 0.29) is 5.03 Å². The van der Waals surface area contributed by atoms with Crippen molar-refractivity contribution >= 4 is 10.0 Å². The Labute approximate surface area is 124 Å². The third-order valence-corrected chi connectivity index (χ3v) is 4.00. The van der Waals surface area contributed by atoms with Crippen LogP contribution in [-0.4, -0.2) is 25.1 Å². The van der Waals surface area contributed by atoms with Crippen LogP contribution in [0.1, 0.15) is 23.9 Å². The average Bonchev–Trinajstić information content (AvgIpc) is 2.82. The van der Waals surface area contributed by atoms with Gasteiger partial charge in [0.15, 0.2) is 5.03 Å². The van der Waals surface area contributed by atoms with Crippen LogP contribution < -0.4 is 9.88 Å². The lowest BCUT2D eigenvalue weighted by molar-refractivity contribution is 0.408. The fourth-order valence-electron chi connectivity index (χ4n) is 2.20. The molecule has 0 amide bonds. The highest BCUT2D eigenvalue weighted by Crippen LogP contribution is 2.22. The molecular weight excluding hydrogens is 290 g/mol. The van der Waals surface area contributed by atoms with Gasteiger partial charge in [-0.2, -0.15) is 0 Å². The van der Waals surface area contributed by atoms with Crippen LogP contribution >= 0.6 is 0 Å². The first-order valence-corrected chi connectivity index (χ1v) is 8.12. The summed E-state index contributed by atoms with van der Waals surface area (Å²) in [5, 5.41) is 5.03. The Morgan fingerprint density at radius 1 is 1.38 bits per heavy atom. The van der Waals surface area contributed by atoms with Gasteiger partial charge >= 0.3 is 0 Å². The molecule has 0 saturated heterocycles. The molecule has 0 aliphatic rings. The molecule has 0 aliphatic heterocycles. The van der Waals surface area contributed by atoms with Crippen LogP contribution in [0, 0.1) is 6.92 Å². The maximum atomic E-state index is 11.4. The monoisotopic (exact) mass is 309 g/mol. The second kappa shape index (κ2) is 5.87. The molecule has 0 spiro atoms. The Morgan fingerprint density at radius 2 is 2.10 bits per heavy atom. The predicted octanol–water partition coefficient (Wildman–Crippen LogP) is 1.46. The SMILES string of the molecule is CCc1nc(S(N)(=O)=O)cn1Cc1cc(C)ccc1OC. The molecule has 0 atom stereocenters. The van der Waals surface area contributed by atoms with Crippen LogP contribution in [0.2, 0.25) is 0 Å². The first kappa shape index (κ1) is 15.5. The normalized spacial score (nSPS) is 11.6. The van der Waals surface area contributed by atoms with E-state index in [1.54, 1.807) is 11.7 Å². The minimum absolute atomic E-state index is 0.106. The Hall–Kier alpha value is -1.86. The van der Waals surface area contributed by atoms with Crippen molar-refractivity contribution in [1.82, 2.24) is 9.55 Å². The van der Waals surface area contributed by atoms with Crippen molar-refractivity contribution in [3.63, 3.8) is 0 Å². The number of primary sulfonamides is 1. The molecular formula is C14H19N3O3S. The summed E-state index contributed by atoms with van der Waals surface area (Å²) < 4.78 is 30.0. The van der Waals surface area contributed by atoms with Crippen LogP contribution in [-0.2, 0) is 23.0 Å². The highest BCUT2D eigenvalue weighted by atomic mass is 32.2. The molecule has 2 rings (SSSR count). The lowest BCUT2D eigenvalue weighted by Gasteiger charge is -2.11. The van der Waals surface area contributed by atoms with E-state index in [1.807, 2.05) is 32.0 Å². The highest BCUT2D eigenvalue weighted by Gasteiger charge is 2.16. The molecule has 0 fully saturated rings. The first-order chi connectivity index (χ1) is 9.85. The standard InChI is InChI=1S/C14H19N3O3S/c1-4-13-16-14(21(15,18)19)9-17(13)8-11-7-10(2)5-6-12(11)20-3/h5-7,9H,4,8H2,1-3H3,(H2,15,18,19). The van der Waals surface area contributed by atoms with Gasteiger partial charge in [-0.25, -0.2) is 18.5 Å². The molecule has 21 heavy (non-hydrogen) atoms. The van der Waals surface area contributed by atoms with Crippen LogP contribution in [0.4, 0.5) is 0 Å². The van der Waals surface area contributed by atoms with E-state index < -0.39 is 10.0 Å². The van der Waals surface area contributed by atoms with Gasteiger partial charge in [0.25, 0.3) is 10.0 Å². The average molecular weight is 309 g/mol. The van der Waals surface area contributed by atoms with Crippen molar-refractivity contribution < 1.29 is 13.2 Å². The lowest BCUT2D eigenvalue weighted by Crippen LogP contribution is -2.12. The van der Waals surface area contributed by atoms with Crippen LogP contribution in [0.3, 0.4) is 0 Å². The van der Waals surface area contributed by atoms with Crippen LogP contribution in [0.25, 0.3) is 0 Å². The van der Waals surface area contributed by atoms with Gasteiger partial charge in [-0.15, -0.1) is 0 Å². The summed E-state index contributed by atoms with van der Waals surface area (Å²) in [4.78, 5) is 4.08. The van der Waals surface area contributed by atoms with Gasteiger partial charge in [0.1, 0.15) is 11.6 Å². The number of benzene rings is 1. The van der Waals surface area contributed by atoms with Gasteiger partial charge in [0, 0.05) is 18.2 Å². The van der Waals surface area contributed by atoms with Crippen molar-refractivity contribution in [2.24, 2.45) is 5.14 Å². The Kier molecular flexibility index (Phi) is 4.34. The topological polar surface area (TPSA) is 87.2 Å². The van der Waals surface area contributed by atoms with E-state index in [4.69, 9.17) is 9.88 Å². The first-order valence-electron chi connectivity index (χ1n) is 6.57. The molecule has 0 saturated carbocycles. The van der Waals surface area contributed by atoms with E-state index in [9.17, 15) is 8.42 Å². The van der Waals surface area contributed by atoms with E-state index in [1.165, 1.54) is 6.20 Å². The van der Waals surface area contributed by atoms with Crippen molar-refractivity contribution in [3.8, 4) is 5.75 Å². The second-order valence-corrected chi connectivity index (χ2v) is 6.35. The van der Waals surface area contributed by atoms with Crippen molar-refractivity contribution in [3.05, 3.63) is 41.3 Å². The second-order valence-electron chi connectivity index (χ2n) is 4.84. The van der Waals surface area contributed by atoms with Gasteiger partial charge in [-0.3, -0.25) is 0 Å². The molecule has 114 valence electrons. The summed E-state index contributed by atoms with van der Waals surface area (Å²) in [5.41, 5.74) is 2.07. The molecule has 0 radical (unpaired) electrons. The number of rotatable bonds is 5. The van der Waals surface area contributed by atoms with Gasteiger partial charge in [-0.05, 0) is 13.0 Å². The zero-order valence-corrected chi connectivity index (χ0v) is 13.1. The molecule has 2 aromatic rings. The van der Waals surface area contributed by atoms with Crippen LogP contribution in [0.5, 0.6) is 5.75 Å². The molecule has 1 heterocycles. The quantitative estimate of drug-likeness (QED) is 0.905. The summed E-state index contributed by atoms with van der Waals surface area (Å²) in [6, 6.07) is 5.87. The van der Waals surface area contributed by atoms with Gasteiger partial charge in [0.2, 0.25) is 0 Å². The third-order valence-electron chi connectivity index (χ3n) is 3.22. The molecule has 0 bridgehead atoms. The number of hydrogen-bond acceptors (Lipinski definition) is 4.